The van der Waals surface area contributed by atoms with Crippen LogP contribution in [0.1, 0.15) is 118 Å². The van der Waals surface area contributed by atoms with Crippen LogP contribution < -0.4 is 21.7 Å². The van der Waals surface area contributed by atoms with Gasteiger partial charge in [-0.3, -0.25) is 0 Å². The molecule has 5 rings (SSSR count). The summed E-state index contributed by atoms with van der Waals surface area (Å²) in [6, 6.07) is 10.7. The Labute approximate surface area is 375 Å². The normalized spacial score (nSPS) is 13.0. The van der Waals surface area contributed by atoms with E-state index >= 15 is 52.7 Å². The van der Waals surface area contributed by atoms with Crippen molar-refractivity contribution in [3.63, 3.8) is 0 Å². The third-order valence-corrected chi connectivity index (χ3v) is 19.8. The second kappa shape index (κ2) is 18.2. The average Bonchev–Trinajstić information content (AvgIpc) is 3.23. The summed E-state index contributed by atoms with van der Waals surface area (Å²) in [6.07, 6.45) is -8.39. The van der Waals surface area contributed by atoms with Crippen molar-refractivity contribution in [3.05, 3.63) is 140 Å². The molecule has 0 heterocycles. The summed E-state index contributed by atoms with van der Waals surface area (Å²) in [4.78, 5) is 0. The van der Waals surface area contributed by atoms with Gasteiger partial charge in [0.25, 0.3) is 0 Å². The van der Waals surface area contributed by atoms with E-state index in [1.165, 1.54) is 0 Å². The Balaban J connectivity index is 2.15. The highest BCUT2D eigenvalue weighted by Gasteiger charge is 2.61. The fourth-order valence-electron chi connectivity index (χ4n) is 10.2. The van der Waals surface area contributed by atoms with Gasteiger partial charge in [0.1, 0.15) is 46.4 Å². The maximum atomic E-state index is 16.7. The quantitative estimate of drug-likeness (QED) is 0.0407. The lowest BCUT2D eigenvalue weighted by Gasteiger charge is -2.51. The SMILES string of the molecule is CC(C)c1cc(C(C)C)c(-c2ccccc2[P+](CC[B-](c2c(F)c(F)c(F)c(F)c2F)(c2c(F)c(F)c(F)c(F)c2F)c2c(F)c(F)c(F)c(F)c2F)(C(C)(C)C)C(C)(C)C)c(C(C)C)c1. The van der Waals surface area contributed by atoms with Gasteiger partial charge in [0.05, 0.1) is 17.6 Å². The lowest BCUT2D eigenvalue weighted by molar-refractivity contribution is 0.379. The summed E-state index contributed by atoms with van der Waals surface area (Å²) in [6.45, 7) is 21.8. The molecule has 0 aliphatic rings. The van der Waals surface area contributed by atoms with Crippen LogP contribution in [-0.4, -0.2) is 22.6 Å². The van der Waals surface area contributed by atoms with Gasteiger partial charge in [-0.15, -0.1) is 22.7 Å². The highest BCUT2D eigenvalue weighted by atomic mass is 31.2. The average molecular weight is 965 g/mol. The summed E-state index contributed by atoms with van der Waals surface area (Å²) in [5, 5.41) is -1.96. The first-order chi connectivity index (χ1) is 30.3. The molecule has 0 amide bonds. The Morgan fingerprint density at radius 1 is 0.424 bits per heavy atom. The summed E-state index contributed by atoms with van der Waals surface area (Å²) < 4.78 is 238. The minimum atomic E-state index is -5.78. The van der Waals surface area contributed by atoms with Gasteiger partial charge in [-0.1, -0.05) is 71.9 Å². The van der Waals surface area contributed by atoms with E-state index in [2.05, 4.69) is 0 Å². The number of halogens is 15. The zero-order valence-corrected chi connectivity index (χ0v) is 39.2. The van der Waals surface area contributed by atoms with Crippen LogP contribution in [0.5, 0.6) is 0 Å². The van der Waals surface area contributed by atoms with Crippen molar-refractivity contribution in [2.45, 2.75) is 117 Å². The molecule has 0 N–H and O–H groups in total. The Hall–Kier alpha value is -4.46. The van der Waals surface area contributed by atoms with E-state index in [0.717, 1.165) is 16.7 Å². The molecule has 0 bridgehead atoms. The first-order valence-corrected chi connectivity index (χ1v) is 23.1. The molecular formula is C49H49BF15P. The molecule has 0 aromatic heterocycles. The van der Waals surface area contributed by atoms with Crippen molar-refractivity contribution in [2.75, 3.05) is 6.16 Å². The second-order valence-electron chi connectivity index (χ2n) is 19.7. The van der Waals surface area contributed by atoms with Crippen molar-refractivity contribution in [1.29, 1.82) is 0 Å². The minimum Gasteiger partial charge on any atom is -0.207 e. The lowest BCUT2D eigenvalue weighted by atomic mass is 9.14. The van der Waals surface area contributed by atoms with Crippen molar-refractivity contribution in [3.8, 4) is 11.1 Å². The van der Waals surface area contributed by atoms with E-state index in [1.807, 2.05) is 53.7 Å². The molecule has 0 fully saturated rings. The van der Waals surface area contributed by atoms with Crippen molar-refractivity contribution in [2.24, 2.45) is 0 Å². The van der Waals surface area contributed by atoms with Crippen LogP contribution in [-0.2, 0) is 0 Å². The van der Waals surface area contributed by atoms with Gasteiger partial charge in [0.2, 0.25) is 0 Å². The van der Waals surface area contributed by atoms with Gasteiger partial charge in [-0.05, 0) is 87.6 Å². The van der Waals surface area contributed by atoms with Crippen LogP contribution >= 0.6 is 7.26 Å². The maximum Gasteiger partial charge on any atom is 0.200 e. The predicted octanol–water partition coefficient (Wildman–Crippen LogP) is 14.2. The van der Waals surface area contributed by atoms with Gasteiger partial charge in [0.15, 0.2) is 52.4 Å². The molecule has 0 saturated carbocycles. The molecule has 66 heavy (non-hydrogen) atoms. The third kappa shape index (κ3) is 8.02. The first kappa shape index (κ1) is 52.5. The van der Waals surface area contributed by atoms with Crippen LogP contribution in [0.3, 0.4) is 0 Å². The van der Waals surface area contributed by atoms with Crippen molar-refractivity contribution >= 4 is 35.1 Å². The Kier molecular flexibility index (Phi) is 14.5. The van der Waals surface area contributed by atoms with Crippen molar-refractivity contribution in [1.82, 2.24) is 0 Å². The molecule has 0 saturated heterocycles. The number of rotatable bonds is 11. The van der Waals surface area contributed by atoms with Crippen LogP contribution in [0.15, 0.2) is 36.4 Å². The fourth-order valence-corrected chi connectivity index (χ4v) is 17.0. The topological polar surface area (TPSA) is 0 Å². The summed E-state index contributed by atoms with van der Waals surface area (Å²) in [7, 11) is -3.70. The van der Waals surface area contributed by atoms with Crippen LogP contribution in [0.25, 0.3) is 11.1 Å². The first-order valence-electron chi connectivity index (χ1n) is 21.2. The standard InChI is InChI=1S/C49H49BF15P/c1-21(2)24-19-26(22(3)4)29(27(20-24)23(5)6)25-15-13-14-16-28(25)66(48(7,8)9,49(10,11)12)18-17-50(30-33(51)39(57)45(63)40(58)34(30)52,31-35(53)41(59)46(64)42(60)36(31)54)32-37(55)43(61)47(65)44(62)38(32)56/h13-16,19-23H,17-18H2,1-12H3. The van der Waals surface area contributed by atoms with Crippen molar-refractivity contribution < 1.29 is 65.9 Å². The maximum absolute atomic E-state index is 16.7. The van der Waals surface area contributed by atoms with Gasteiger partial charge < -0.3 is 0 Å². The third-order valence-electron chi connectivity index (χ3n) is 13.1. The zero-order chi connectivity index (χ0) is 50.2. The van der Waals surface area contributed by atoms with Crippen LogP contribution in [0.4, 0.5) is 65.9 Å². The molecule has 5 aromatic carbocycles. The Morgan fingerprint density at radius 2 is 0.712 bits per heavy atom. The molecule has 358 valence electrons. The minimum absolute atomic E-state index is 0.0566. The Morgan fingerprint density at radius 3 is 0.985 bits per heavy atom. The molecule has 0 unspecified atom stereocenters. The molecule has 0 aliphatic carbocycles. The van der Waals surface area contributed by atoms with E-state index in [1.54, 1.807) is 65.8 Å². The number of hydrogen-bond acceptors (Lipinski definition) is 0. The summed E-state index contributed by atoms with van der Waals surface area (Å²) in [5.74, 6) is -45.2. The van der Waals surface area contributed by atoms with Crippen LogP contribution in [0, 0.1) is 87.3 Å². The highest BCUT2D eigenvalue weighted by Crippen LogP contribution is 2.77. The molecule has 0 spiro atoms. The molecule has 0 nitrogen and oxygen atoms in total. The summed E-state index contributed by atoms with van der Waals surface area (Å²) >= 11 is 0. The summed E-state index contributed by atoms with van der Waals surface area (Å²) in [5.41, 5.74) is -3.82. The molecule has 5 aromatic rings. The smallest absolute Gasteiger partial charge is 0.200 e. The van der Waals surface area contributed by atoms with Gasteiger partial charge in [0, 0.05) is 11.7 Å². The highest BCUT2D eigenvalue weighted by molar-refractivity contribution is 7.85. The molecular weight excluding hydrogens is 915 g/mol. The number of hydrogen-bond donors (Lipinski definition) is 0. The largest absolute Gasteiger partial charge is 0.207 e. The van der Waals surface area contributed by atoms with E-state index in [4.69, 9.17) is 0 Å². The van der Waals surface area contributed by atoms with Crippen LogP contribution in [0.2, 0.25) is 6.32 Å². The fraction of sp³-hybridized carbons (Fsp3) is 0.388. The van der Waals surface area contributed by atoms with E-state index in [0.29, 0.717) is 16.4 Å². The van der Waals surface area contributed by atoms with Gasteiger partial charge in [-0.25, -0.2) is 65.9 Å². The lowest BCUT2D eigenvalue weighted by Crippen LogP contribution is -2.73. The van der Waals surface area contributed by atoms with E-state index in [-0.39, 0.29) is 17.8 Å². The Bertz CT molecular complexity index is 2430. The molecule has 17 heteroatoms. The van der Waals surface area contributed by atoms with Gasteiger partial charge >= 0.3 is 0 Å². The molecule has 0 aliphatic heterocycles. The second-order valence-corrected chi connectivity index (χ2v) is 24.9. The predicted molar refractivity (Wildman–Crippen MR) is 233 cm³/mol. The van der Waals surface area contributed by atoms with Gasteiger partial charge in [-0.2, -0.15) is 0 Å². The van der Waals surface area contributed by atoms with E-state index in [9.17, 15) is 13.2 Å². The zero-order valence-electron chi connectivity index (χ0n) is 38.3. The van der Waals surface area contributed by atoms with E-state index < -0.39 is 140 Å². The monoisotopic (exact) mass is 964 g/mol. The number of benzene rings is 5. The molecule has 0 radical (unpaired) electrons. The molecule has 0 atom stereocenters.